The molecular weight excluding hydrogens is 376 g/mol. The number of hydrogen-bond acceptors (Lipinski definition) is 4. The van der Waals surface area contributed by atoms with E-state index in [-0.39, 0.29) is 12.2 Å². The molecule has 156 valence electrons. The molecule has 0 saturated carbocycles. The monoisotopic (exact) mass is 407 g/mol. The Labute approximate surface area is 175 Å². The minimum Gasteiger partial charge on any atom is -0.487 e. The summed E-state index contributed by atoms with van der Waals surface area (Å²) in [5.74, 6) is -0.912. The van der Waals surface area contributed by atoms with Crippen molar-refractivity contribution in [2.45, 2.75) is 50.4 Å². The number of hydrogen-bond donors (Lipinski definition) is 3. The van der Waals surface area contributed by atoms with E-state index < -0.39 is 43.0 Å². The molecule has 4 rings (SSSR count). The highest BCUT2D eigenvalue weighted by Crippen LogP contribution is 2.30. The van der Waals surface area contributed by atoms with Crippen LogP contribution in [0.15, 0.2) is 36.4 Å². The third kappa shape index (κ3) is 4.77. The van der Waals surface area contributed by atoms with E-state index in [1.165, 1.54) is 30.3 Å². The fraction of sp³-hybridized carbons (Fsp3) is 0.478. The predicted molar refractivity (Wildman–Crippen MR) is 106 cm³/mol. The van der Waals surface area contributed by atoms with Crippen LogP contribution in [0.4, 0.5) is 8.78 Å². The largest absolute Gasteiger partial charge is 0.487 e. The van der Waals surface area contributed by atoms with Gasteiger partial charge in [-0.2, -0.15) is 0 Å². The quantitative estimate of drug-likeness (QED) is 0.689. The Morgan fingerprint density at radius 3 is 2.48 bits per heavy atom. The van der Waals surface area contributed by atoms with Crippen molar-refractivity contribution in [3.05, 3.63) is 64.7 Å². The molecule has 1 aliphatic heterocycles. The second-order valence-electron chi connectivity index (χ2n) is 7.67. The van der Waals surface area contributed by atoms with Crippen LogP contribution < -0.4 is 10.1 Å². The molecule has 0 bridgehead atoms. The maximum absolute atomic E-state index is 13.4. The van der Waals surface area contributed by atoms with E-state index in [9.17, 15) is 19.0 Å². The summed E-state index contributed by atoms with van der Waals surface area (Å²) in [6.07, 6.45) is -2.44. The van der Waals surface area contributed by atoms with Crippen molar-refractivity contribution in [3.8, 4) is 5.75 Å². The summed E-state index contributed by atoms with van der Waals surface area (Å²) in [4.78, 5) is 0. The highest BCUT2D eigenvalue weighted by molar-refractivity contribution is 5.36. The molecule has 2 aliphatic rings. The minimum atomic E-state index is -2.62. The van der Waals surface area contributed by atoms with E-state index in [2.05, 4.69) is 5.32 Å². The van der Waals surface area contributed by atoms with Gasteiger partial charge in [-0.1, -0.05) is 6.07 Å². The van der Waals surface area contributed by atoms with Crippen LogP contribution in [0.1, 0.15) is 35.0 Å². The SMILES string of the molecule is [2H]C([2H])(NC([2H])([2H])[C@@H](O)[C@H]1CCc2cc(F)ccc2O1)[C@H](O)[C@H]1CCc2cc(F)ccc2C1. The lowest BCUT2D eigenvalue weighted by molar-refractivity contribution is 0.0206. The van der Waals surface area contributed by atoms with Gasteiger partial charge in [-0.25, -0.2) is 8.78 Å². The molecule has 0 spiro atoms. The van der Waals surface area contributed by atoms with Crippen LogP contribution in [0.5, 0.6) is 5.75 Å². The van der Waals surface area contributed by atoms with Crippen molar-refractivity contribution < 1.29 is 29.2 Å². The lowest BCUT2D eigenvalue weighted by Crippen LogP contribution is -2.44. The smallest absolute Gasteiger partial charge is 0.126 e. The lowest BCUT2D eigenvalue weighted by Gasteiger charge is -2.31. The van der Waals surface area contributed by atoms with Crippen molar-refractivity contribution in [2.24, 2.45) is 5.92 Å². The van der Waals surface area contributed by atoms with E-state index >= 15 is 0 Å². The van der Waals surface area contributed by atoms with E-state index in [0.29, 0.717) is 37.0 Å². The normalized spacial score (nSPS) is 25.9. The molecule has 6 heteroatoms. The zero-order valence-corrected chi connectivity index (χ0v) is 15.9. The van der Waals surface area contributed by atoms with Crippen LogP contribution in [0.2, 0.25) is 0 Å². The van der Waals surface area contributed by atoms with Crippen molar-refractivity contribution >= 4 is 0 Å². The van der Waals surface area contributed by atoms with Crippen molar-refractivity contribution in [2.75, 3.05) is 13.0 Å². The van der Waals surface area contributed by atoms with Crippen molar-refractivity contribution in [1.82, 2.24) is 5.32 Å². The zero-order valence-electron chi connectivity index (χ0n) is 19.9. The van der Waals surface area contributed by atoms with Gasteiger partial charge in [-0.15, -0.1) is 0 Å². The Hall–Kier alpha value is -2.02. The van der Waals surface area contributed by atoms with Crippen molar-refractivity contribution in [3.63, 3.8) is 0 Å². The summed E-state index contributed by atoms with van der Waals surface area (Å²) in [6, 6.07) is 8.35. The van der Waals surface area contributed by atoms with Crippen molar-refractivity contribution in [1.29, 1.82) is 0 Å². The number of halogens is 2. The van der Waals surface area contributed by atoms with Crippen LogP contribution in [0, 0.1) is 17.6 Å². The van der Waals surface area contributed by atoms with Gasteiger partial charge in [0.15, 0.2) is 0 Å². The van der Waals surface area contributed by atoms with E-state index in [0.717, 1.165) is 11.1 Å². The molecule has 2 aromatic carbocycles. The molecule has 2 aromatic rings. The highest BCUT2D eigenvalue weighted by atomic mass is 19.1. The first-order valence-corrected chi connectivity index (χ1v) is 9.84. The molecule has 29 heavy (non-hydrogen) atoms. The average molecular weight is 407 g/mol. The van der Waals surface area contributed by atoms with Gasteiger partial charge < -0.3 is 20.3 Å². The van der Waals surface area contributed by atoms with Crippen LogP contribution in [0.25, 0.3) is 0 Å². The van der Waals surface area contributed by atoms with Gasteiger partial charge in [0.05, 0.1) is 6.10 Å². The molecule has 4 atom stereocenters. The Morgan fingerprint density at radius 1 is 0.966 bits per heavy atom. The molecule has 0 unspecified atom stereocenters. The number of ether oxygens (including phenoxy) is 1. The van der Waals surface area contributed by atoms with Gasteiger partial charge in [0.1, 0.15) is 29.6 Å². The summed E-state index contributed by atoms with van der Waals surface area (Å²) in [7, 11) is 0. The van der Waals surface area contributed by atoms with Gasteiger partial charge in [0.2, 0.25) is 0 Å². The minimum absolute atomic E-state index is 0.223. The second-order valence-corrected chi connectivity index (χ2v) is 7.67. The summed E-state index contributed by atoms with van der Waals surface area (Å²) in [6.45, 7) is -5.18. The number of nitrogens with one attached hydrogen (secondary N) is 1. The number of benzene rings is 2. The first-order valence-electron chi connectivity index (χ1n) is 11.8. The standard InChI is InChI=1S/C23H27F2NO3/c24-18-5-3-14-9-16(2-1-15(14)10-18)20(27)12-26-13-21(28)23-7-4-17-11-19(25)6-8-22(17)29-23/h3,5-6,8,10-11,16,20-21,23,26-28H,1-2,4,7,9,12-13H2/t16-,20-,21+,23+/m0/s1/i12D2,13D2. The Bertz CT molecular complexity index is 944. The molecule has 0 amide bonds. The van der Waals surface area contributed by atoms with Crippen LogP contribution in [0.3, 0.4) is 0 Å². The molecule has 1 heterocycles. The van der Waals surface area contributed by atoms with Crippen LogP contribution >= 0.6 is 0 Å². The molecule has 0 saturated heterocycles. The average Bonchev–Trinajstić information content (AvgIpc) is 2.76. The van der Waals surface area contributed by atoms with E-state index in [4.69, 9.17) is 10.2 Å². The number of rotatable bonds is 6. The number of aliphatic hydroxyl groups excluding tert-OH is 2. The third-order valence-corrected chi connectivity index (χ3v) is 5.67. The summed E-state index contributed by atoms with van der Waals surface area (Å²) in [5.41, 5.74) is 2.28. The lowest BCUT2D eigenvalue weighted by atomic mass is 9.81. The Kier molecular flexibility index (Phi) is 4.77. The van der Waals surface area contributed by atoms with Gasteiger partial charge in [-0.05, 0) is 85.0 Å². The Morgan fingerprint density at radius 2 is 1.66 bits per heavy atom. The fourth-order valence-corrected chi connectivity index (χ4v) is 4.02. The first-order chi connectivity index (χ1) is 15.5. The molecular formula is C23H27F2NO3. The number of fused-ring (bicyclic) bond motifs is 2. The van der Waals surface area contributed by atoms with Crippen LogP contribution in [-0.2, 0) is 19.3 Å². The molecule has 3 N–H and O–H groups in total. The first kappa shape index (κ1) is 15.8. The second kappa shape index (κ2) is 8.78. The van der Waals surface area contributed by atoms with E-state index in [1.54, 1.807) is 6.07 Å². The summed E-state index contributed by atoms with van der Waals surface area (Å²) in [5, 5.41) is 23.6. The highest BCUT2D eigenvalue weighted by Gasteiger charge is 2.28. The molecule has 0 fully saturated rings. The van der Waals surface area contributed by atoms with Gasteiger partial charge >= 0.3 is 0 Å². The maximum Gasteiger partial charge on any atom is 0.126 e. The van der Waals surface area contributed by atoms with Crippen LogP contribution in [-0.4, -0.2) is 41.5 Å². The fourth-order valence-electron chi connectivity index (χ4n) is 4.02. The third-order valence-electron chi connectivity index (χ3n) is 5.67. The predicted octanol–water partition coefficient (Wildman–Crippen LogP) is 2.77. The van der Waals surface area contributed by atoms with Gasteiger partial charge in [0, 0.05) is 18.5 Å². The summed E-state index contributed by atoms with van der Waals surface area (Å²) < 4.78 is 65.6. The molecule has 0 aromatic heterocycles. The van der Waals surface area contributed by atoms with Gasteiger partial charge in [-0.3, -0.25) is 0 Å². The van der Waals surface area contributed by atoms with Gasteiger partial charge in [0.25, 0.3) is 0 Å². The molecule has 0 radical (unpaired) electrons. The van der Waals surface area contributed by atoms with E-state index in [1.807, 2.05) is 0 Å². The number of aryl methyl sites for hydroxylation is 2. The Balaban J connectivity index is 1.43. The summed E-state index contributed by atoms with van der Waals surface area (Å²) >= 11 is 0. The topological polar surface area (TPSA) is 61.7 Å². The maximum atomic E-state index is 13.4. The molecule has 4 nitrogen and oxygen atoms in total. The number of aliphatic hydroxyl groups is 2. The zero-order chi connectivity index (χ0) is 24.0. The molecule has 1 aliphatic carbocycles.